The Morgan fingerprint density at radius 1 is 0.535 bits per heavy atom. The van der Waals surface area contributed by atoms with Crippen LogP contribution < -0.4 is 18.9 Å². The van der Waals surface area contributed by atoms with E-state index in [9.17, 15) is 28.8 Å². The van der Waals surface area contributed by atoms with Crippen molar-refractivity contribution < 1.29 is 47.7 Å². The lowest BCUT2D eigenvalue weighted by molar-refractivity contribution is -0.135. The third kappa shape index (κ3) is 5.75. The number of ether oxygens (including phenoxy) is 4. The van der Waals surface area contributed by atoms with E-state index in [4.69, 9.17) is 18.9 Å². The highest BCUT2D eigenvalue weighted by molar-refractivity contribution is 6.31. The number of methoxy groups -OCH3 is 2. The van der Waals surface area contributed by atoms with E-state index in [1.54, 1.807) is 36.4 Å². The lowest BCUT2D eigenvalue weighted by Crippen LogP contribution is -2.52. The van der Waals surface area contributed by atoms with Gasteiger partial charge >= 0.3 is 12.1 Å². The third-order valence-electron chi connectivity index (χ3n) is 6.71. The van der Waals surface area contributed by atoms with Crippen molar-refractivity contribution in [2.24, 2.45) is 0 Å². The number of rotatable bonds is 8. The summed E-state index contributed by atoms with van der Waals surface area (Å²) in [4.78, 5) is 77.3. The molecule has 2 aromatic carbocycles. The van der Waals surface area contributed by atoms with Crippen molar-refractivity contribution >= 4 is 47.8 Å². The Hall–Kier alpha value is -5.66. The van der Waals surface area contributed by atoms with Gasteiger partial charge in [0, 0.05) is 28.2 Å². The van der Waals surface area contributed by atoms with Crippen LogP contribution in [0, 0.1) is 0 Å². The predicted molar refractivity (Wildman–Crippen MR) is 150 cm³/mol. The van der Waals surface area contributed by atoms with Gasteiger partial charge in [-0.2, -0.15) is 0 Å². The monoisotopic (exact) mass is 592 g/mol. The van der Waals surface area contributed by atoms with Gasteiger partial charge < -0.3 is 18.9 Å². The molecule has 2 heterocycles. The van der Waals surface area contributed by atoms with Crippen LogP contribution in [0.5, 0.6) is 23.0 Å². The highest BCUT2D eigenvalue weighted by Gasteiger charge is 2.38. The Bertz CT molecular complexity index is 1440. The standard InChI is InChI=1S/C29H28N4O10/c1-30-24(34)18(25(35)31(2)28(30)38)11-16-7-9-20(22(13-16)40-5)42-15-43-21-10-8-17(14-23(21)41-6)12-19-26(36)32(3)29(39)33(4)27(19)37/h7-14H,15H2,1-6H3. The van der Waals surface area contributed by atoms with Gasteiger partial charge in [-0.25, -0.2) is 9.59 Å². The van der Waals surface area contributed by atoms with Gasteiger partial charge in [-0.05, 0) is 47.5 Å². The van der Waals surface area contributed by atoms with Gasteiger partial charge in [-0.3, -0.25) is 38.8 Å². The molecule has 14 nitrogen and oxygen atoms in total. The highest BCUT2D eigenvalue weighted by atomic mass is 16.7. The number of nitrogens with zero attached hydrogens (tertiary/aromatic N) is 4. The van der Waals surface area contributed by atoms with Gasteiger partial charge in [0.25, 0.3) is 23.6 Å². The summed E-state index contributed by atoms with van der Waals surface area (Å²) in [5.41, 5.74) is 0.557. The van der Waals surface area contributed by atoms with E-state index in [2.05, 4.69) is 0 Å². The van der Waals surface area contributed by atoms with Crippen LogP contribution in [0.4, 0.5) is 9.59 Å². The van der Waals surface area contributed by atoms with Gasteiger partial charge in [-0.15, -0.1) is 0 Å². The number of benzene rings is 2. The summed E-state index contributed by atoms with van der Waals surface area (Å²) < 4.78 is 22.2. The van der Waals surface area contributed by atoms with Crippen LogP contribution in [0.2, 0.25) is 0 Å². The van der Waals surface area contributed by atoms with Crippen LogP contribution in [0.3, 0.4) is 0 Å². The number of amides is 8. The molecule has 0 unspecified atom stereocenters. The average molecular weight is 593 g/mol. The van der Waals surface area contributed by atoms with Gasteiger partial charge in [0.2, 0.25) is 6.79 Å². The Morgan fingerprint density at radius 2 is 0.860 bits per heavy atom. The number of barbiturate groups is 2. The lowest BCUT2D eigenvalue weighted by Gasteiger charge is -2.28. The molecule has 2 aliphatic heterocycles. The fourth-order valence-electron chi connectivity index (χ4n) is 4.23. The minimum absolute atomic E-state index is 0.181. The first-order valence-corrected chi connectivity index (χ1v) is 12.6. The van der Waals surface area contributed by atoms with Crippen molar-refractivity contribution in [1.29, 1.82) is 0 Å². The highest BCUT2D eigenvalue weighted by Crippen LogP contribution is 2.32. The Labute approximate surface area is 246 Å². The number of hydrogen-bond donors (Lipinski definition) is 0. The zero-order valence-electron chi connectivity index (χ0n) is 24.2. The number of hydrogen-bond acceptors (Lipinski definition) is 10. The first kappa shape index (κ1) is 30.3. The molecule has 0 aliphatic carbocycles. The molecule has 0 radical (unpaired) electrons. The summed E-state index contributed by atoms with van der Waals surface area (Å²) >= 11 is 0. The second-order valence-corrected chi connectivity index (χ2v) is 9.36. The van der Waals surface area contributed by atoms with Crippen LogP contribution in [-0.2, 0) is 19.2 Å². The summed E-state index contributed by atoms with van der Waals surface area (Å²) in [6.45, 7) is -0.267. The zero-order chi connectivity index (χ0) is 31.6. The van der Waals surface area contributed by atoms with Crippen molar-refractivity contribution in [3.8, 4) is 23.0 Å². The van der Waals surface area contributed by atoms with Gasteiger partial charge in [0.15, 0.2) is 23.0 Å². The maximum Gasteiger partial charge on any atom is 0.333 e. The molecule has 0 aromatic heterocycles. The summed E-state index contributed by atoms with van der Waals surface area (Å²) in [5, 5.41) is 0. The van der Waals surface area contributed by atoms with Gasteiger partial charge in [0.1, 0.15) is 11.1 Å². The molecule has 2 aliphatic rings. The topological polar surface area (TPSA) is 152 Å². The summed E-state index contributed by atoms with van der Waals surface area (Å²) in [6.07, 6.45) is 2.72. The van der Waals surface area contributed by atoms with E-state index < -0.39 is 35.7 Å². The molecule has 0 bridgehead atoms. The van der Waals surface area contributed by atoms with E-state index in [0.29, 0.717) is 22.6 Å². The molecule has 2 saturated heterocycles. The fourth-order valence-corrected chi connectivity index (χ4v) is 4.23. The minimum atomic E-state index is -0.719. The van der Waals surface area contributed by atoms with Crippen molar-refractivity contribution in [3.05, 3.63) is 58.7 Å². The van der Waals surface area contributed by atoms with Crippen LogP contribution in [0.1, 0.15) is 11.1 Å². The molecule has 2 aromatic rings. The number of carbonyl (C=O) groups is 6. The third-order valence-corrected chi connectivity index (χ3v) is 6.71. The van der Waals surface area contributed by atoms with E-state index in [1.807, 2.05) is 0 Å². The van der Waals surface area contributed by atoms with Gasteiger partial charge in [-0.1, -0.05) is 12.1 Å². The maximum absolute atomic E-state index is 12.5. The second-order valence-electron chi connectivity index (χ2n) is 9.36. The molecule has 8 amide bonds. The number of likely N-dealkylation sites (N-methyl/N-ethyl adjacent to an activating group) is 4. The maximum atomic E-state index is 12.5. The Morgan fingerprint density at radius 3 is 1.16 bits per heavy atom. The van der Waals surface area contributed by atoms with E-state index in [-0.39, 0.29) is 29.4 Å². The number of imide groups is 4. The molecule has 0 atom stereocenters. The van der Waals surface area contributed by atoms with Crippen molar-refractivity contribution in [1.82, 2.24) is 19.6 Å². The Balaban J connectivity index is 1.48. The minimum Gasteiger partial charge on any atom is -0.493 e. The largest absolute Gasteiger partial charge is 0.493 e. The van der Waals surface area contributed by atoms with E-state index in [0.717, 1.165) is 19.6 Å². The molecule has 0 spiro atoms. The molecule has 43 heavy (non-hydrogen) atoms. The molecule has 0 N–H and O–H groups in total. The van der Waals surface area contributed by atoms with Crippen molar-refractivity contribution in [2.75, 3.05) is 49.2 Å². The molecule has 14 heteroatoms. The SMILES string of the molecule is COc1cc(C=C2C(=O)N(C)C(=O)N(C)C2=O)ccc1OCOc1ccc(C=C2C(=O)N(C)C(=O)N(C)C2=O)cc1OC. The summed E-state index contributed by atoms with van der Waals surface area (Å²) in [5.74, 6) is -1.70. The second kappa shape index (κ2) is 12.1. The summed E-state index contributed by atoms with van der Waals surface area (Å²) in [6, 6.07) is 8.00. The van der Waals surface area contributed by atoms with Crippen LogP contribution in [0.15, 0.2) is 47.5 Å². The smallest absolute Gasteiger partial charge is 0.333 e. The van der Waals surface area contributed by atoms with E-state index in [1.165, 1.54) is 54.6 Å². The summed E-state index contributed by atoms with van der Waals surface area (Å²) in [7, 11) is 7.99. The molecule has 224 valence electrons. The first-order chi connectivity index (χ1) is 20.4. The molecule has 0 saturated carbocycles. The van der Waals surface area contributed by atoms with E-state index >= 15 is 0 Å². The number of urea groups is 2. The normalized spacial score (nSPS) is 15.8. The van der Waals surface area contributed by atoms with Crippen molar-refractivity contribution in [3.63, 3.8) is 0 Å². The zero-order valence-corrected chi connectivity index (χ0v) is 24.2. The van der Waals surface area contributed by atoms with Gasteiger partial charge in [0.05, 0.1) is 14.2 Å². The quantitative estimate of drug-likeness (QED) is 0.253. The predicted octanol–water partition coefficient (Wildman–Crippen LogP) is 1.99. The lowest BCUT2D eigenvalue weighted by atomic mass is 10.1. The number of carbonyl (C=O) groups excluding carboxylic acids is 6. The van der Waals surface area contributed by atoms with Crippen LogP contribution >= 0.6 is 0 Å². The van der Waals surface area contributed by atoms with Crippen LogP contribution in [0.25, 0.3) is 12.2 Å². The molecular weight excluding hydrogens is 564 g/mol. The Kier molecular flexibility index (Phi) is 8.50. The molecule has 4 rings (SSSR count). The van der Waals surface area contributed by atoms with Crippen molar-refractivity contribution in [2.45, 2.75) is 0 Å². The first-order valence-electron chi connectivity index (χ1n) is 12.6. The fraction of sp³-hybridized carbons (Fsp3) is 0.241. The molecule has 2 fully saturated rings. The van der Waals surface area contributed by atoms with Crippen LogP contribution in [-0.4, -0.2) is 104 Å². The molecular formula is C29H28N4O10. The average Bonchev–Trinajstić information content (AvgIpc) is 3.02.